The summed E-state index contributed by atoms with van der Waals surface area (Å²) in [6, 6.07) is 0. The quantitative estimate of drug-likeness (QED) is 0.525. The van der Waals surface area contributed by atoms with Crippen LogP contribution in [0.25, 0.3) is 0 Å². The zero-order chi connectivity index (χ0) is 6.08. The SMILES string of the molecule is CC(O)P(C)(C)=O. The number of rotatable bonds is 1. The molecule has 0 rings (SSSR count). The highest BCUT2D eigenvalue weighted by Crippen LogP contribution is 2.39. The van der Waals surface area contributed by atoms with E-state index in [0.717, 1.165) is 0 Å². The zero-order valence-electron chi connectivity index (χ0n) is 4.88. The van der Waals surface area contributed by atoms with E-state index in [-0.39, 0.29) is 0 Å². The van der Waals surface area contributed by atoms with Crippen molar-refractivity contribution in [3.05, 3.63) is 0 Å². The standard InChI is InChI=1S/C4H11O2P/c1-4(5)7(2,3)6/h4-5H,1-3H3. The van der Waals surface area contributed by atoms with Gasteiger partial charge in [-0.2, -0.15) is 0 Å². The Bertz CT molecular complexity index is 91.9. The lowest BCUT2D eigenvalue weighted by atomic mass is 10.9. The smallest absolute Gasteiger partial charge is 0.109 e. The van der Waals surface area contributed by atoms with E-state index < -0.39 is 13.0 Å². The largest absolute Gasteiger partial charge is 0.386 e. The molecule has 7 heavy (non-hydrogen) atoms. The molecule has 0 aromatic heterocycles. The topological polar surface area (TPSA) is 37.3 Å². The van der Waals surface area contributed by atoms with Crippen molar-refractivity contribution in [3.8, 4) is 0 Å². The summed E-state index contributed by atoms with van der Waals surface area (Å²) in [5, 5.41) is 8.63. The van der Waals surface area contributed by atoms with Crippen LogP contribution < -0.4 is 0 Å². The fourth-order valence-corrected chi connectivity index (χ4v) is 0. The molecule has 0 aliphatic rings. The third-order valence-corrected chi connectivity index (χ3v) is 2.70. The van der Waals surface area contributed by atoms with E-state index in [0.29, 0.717) is 0 Å². The molecule has 0 aliphatic carbocycles. The Balaban J connectivity index is 3.80. The van der Waals surface area contributed by atoms with E-state index in [1.165, 1.54) is 0 Å². The van der Waals surface area contributed by atoms with Gasteiger partial charge in [0.05, 0.1) is 0 Å². The number of aliphatic hydroxyl groups excluding tert-OH is 1. The Labute approximate surface area is 43.9 Å². The number of aliphatic hydroxyl groups is 1. The third kappa shape index (κ3) is 2.84. The van der Waals surface area contributed by atoms with Gasteiger partial charge in [-0.15, -0.1) is 0 Å². The maximum atomic E-state index is 10.7. The molecule has 0 aromatic rings. The molecule has 0 amide bonds. The van der Waals surface area contributed by atoms with Gasteiger partial charge in [0.15, 0.2) is 0 Å². The lowest BCUT2D eigenvalue weighted by molar-refractivity contribution is 0.269. The Morgan fingerprint density at radius 1 is 1.57 bits per heavy atom. The fraction of sp³-hybridized carbons (Fsp3) is 1.00. The second kappa shape index (κ2) is 1.97. The summed E-state index contributed by atoms with van der Waals surface area (Å²) >= 11 is 0. The van der Waals surface area contributed by atoms with E-state index in [9.17, 15) is 4.57 Å². The predicted octanol–water partition coefficient (Wildman–Crippen LogP) is 0.947. The molecule has 0 aliphatic heterocycles. The molecule has 0 aromatic carbocycles. The first kappa shape index (κ1) is 7.19. The van der Waals surface area contributed by atoms with Crippen LogP contribution >= 0.6 is 7.14 Å². The summed E-state index contributed by atoms with van der Waals surface area (Å²) in [7, 11) is -2.18. The first-order valence-corrected chi connectivity index (χ1v) is 4.84. The Hall–Kier alpha value is 0.190. The van der Waals surface area contributed by atoms with Crippen LogP contribution in [0.3, 0.4) is 0 Å². The van der Waals surface area contributed by atoms with E-state index in [2.05, 4.69) is 0 Å². The summed E-state index contributed by atoms with van der Waals surface area (Å²) < 4.78 is 10.7. The van der Waals surface area contributed by atoms with Gasteiger partial charge in [0.1, 0.15) is 13.0 Å². The van der Waals surface area contributed by atoms with Gasteiger partial charge in [-0.1, -0.05) is 0 Å². The maximum absolute atomic E-state index is 10.7. The van der Waals surface area contributed by atoms with Crippen LogP contribution in [0.1, 0.15) is 6.92 Å². The van der Waals surface area contributed by atoms with E-state index in [1.807, 2.05) is 0 Å². The highest BCUT2D eigenvalue weighted by Gasteiger charge is 2.12. The van der Waals surface area contributed by atoms with E-state index in [4.69, 9.17) is 5.11 Å². The molecule has 0 saturated heterocycles. The lowest BCUT2D eigenvalue weighted by Gasteiger charge is -2.07. The van der Waals surface area contributed by atoms with Gasteiger partial charge in [-0.05, 0) is 20.3 Å². The van der Waals surface area contributed by atoms with Gasteiger partial charge in [0, 0.05) is 0 Å². The molecular formula is C4H11O2P. The molecule has 2 nitrogen and oxygen atoms in total. The Morgan fingerprint density at radius 2 is 1.71 bits per heavy atom. The summed E-state index contributed by atoms with van der Waals surface area (Å²) in [6.45, 7) is 4.68. The van der Waals surface area contributed by atoms with Crippen LogP contribution in [0, 0.1) is 0 Å². The van der Waals surface area contributed by atoms with Gasteiger partial charge in [-0.25, -0.2) is 0 Å². The van der Waals surface area contributed by atoms with Gasteiger partial charge >= 0.3 is 0 Å². The molecule has 1 atom stereocenters. The molecule has 0 bridgehead atoms. The predicted molar refractivity (Wildman–Crippen MR) is 31.1 cm³/mol. The average Bonchev–Trinajstić information content (AvgIpc) is 1.31. The first-order valence-electron chi connectivity index (χ1n) is 2.17. The van der Waals surface area contributed by atoms with Gasteiger partial charge in [0.25, 0.3) is 0 Å². The van der Waals surface area contributed by atoms with Gasteiger partial charge < -0.3 is 9.67 Å². The van der Waals surface area contributed by atoms with Crippen molar-refractivity contribution >= 4 is 7.14 Å². The van der Waals surface area contributed by atoms with Gasteiger partial charge in [-0.3, -0.25) is 0 Å². The summed E-state index contributed by atoms with van der Waals surface area (Å²) in [5.74, 6) is -0.646. The minimum absolute atomic E-state index is 0.646. The number of hydrogen-bond donors (Lipinski definition) is 1. The normalized spacial score (nSPS) is 16.6. The van der Waals surface area contributed by atoms with Crippen LogP contribution in [0.2, 0.25) is 0 Å². The molecule has 1 N–H and O–H groups in total. The molecule has 3 heteroatoms. The monoisotopic (exact) mass is 122 g/mol. The first-order chi connectivity index (χ1) is 2.94. The van der Waals surface area contributed by atoms with Crippen molar-refractivity contribution < 1.29 is 9.67 Å². The molecule has 44 valence electrons. The van der Waals surface area contributed by atoms with Crippen molar-refractivity contribution in [2.75, 3.05) is 13.3 Å². The van der Waals surface area contributed by atoms with Crippen molar-refractivity contribution in [2.45, 2.75) is 12.8 Å². The van der Waals surface area contributed by atoms with Crippen molar-refractivity contribution in [2.24, 2.45) is 0 Å². The molecule has 0 fully saturated rings. The Morgan fingerprint density at radius 3 is 1.71 bits per heavy atom. The molecule has 1 unspecified atom stereocenters. The van der Waals surface area contributed by atoms with Crippen LogP contribution in [-0.2, 0) is 4.57 Å². The van der Waals surface area contributed by atoms with E-state index >= 15 is 0 Å². The second-order valence-electron chi connectivity index (χ2n) is 2.07. The highest BCUT2D eigenvalue weighted by molar-refractivity contribution is 7.62. The fourth-order valence-electron chi connectivity index (χ4n) is 0. The lowest BCUT2D eigenvalue weighted by Crippen LogP contribution is -1.97. The van der Waals surface area contributed by atoms with Crippen LogP contribution in [0.15, 0.2) is 0 Å². The van der Waals surface area contributed by atoms with E-state index in [1.54, 1.807) is 20.3 Å². The number of hydrogen-bond acceptors (Lipinski definition) is 2. The average molecular weight is 122 g/mol. The van der Waals surface area contributed by atoms with Gasteiger partial charge in [0.2, 0.25) is 0 Å². The van der Waals surface area contributed by atoms with Crippen LogP contribution in [0.5, 0.6) is 0 Å². The summed E-state index contributed by atoms with van der Waals surface area (Å²) in [6.07, 6.45) is 0. The Kier molecular flexibility index (Phi) is 2.03. The van der Waals surface area contributed by atoms with Crippen molar-refractivity contribution in [1.29, 1.82) is 0 Å². The molecule has 0 radical (unpaired) electrons. The second-order valence-corrected chi connectivity index (χ2v) is 5.68. The molecule has 0 heterocycles. The third-order valence-electron chi connectivity index (χ3n) is 0.900. The molecule has 0 saturated carbocycles. The highest BCUT2D eigenvalue weighted by atomic mass is 31.2. The summed E-state index contributed by atoms with van der Waals surface area (Å²) in [4.78, 5) is 0. The molecule has 0 spiro atoms. The maximum Gasteiger partial charge on any atom is 0.109 e. The van der Waals surface area contributed by atoms with Crippen LogP contribution in [0.4, 0.5) is 0 Å². The molecular weight excluding hydrogens is 111 g/mol. The summed E-state index contributed by atoms with van der Waals surface area (Å²) in [5.41, 5.74) is 0. The zero-order valence-corrected chi connectivity index (χ0v) is 5.77. The minimum Gasteiger partial charge on any atom is -0.386 e. The van der Waals surface area contributed by atoms with Crippen LogP contribution in [-0.4, -0.2) is 24.3 Å². The van der Waals surface area contributed by atoms with Crippen molar-refractivity contribution in [3.63, 3.8) is 0 Å². The van der Waals surface area contributed by atoms with Crippen molar-refractivity contribution in [1.82, 2.24) is 0 Å². The minimum atomic E-state index is -2.18.